The molecule has 0 unspecified atom stereocenters. The van der Waals surface area contributed by atoms with Crippen molar-refractivity contribution in [2.75, 3.05) is 25.6 Å². The van der Waals surface area contributed by atoms with Crippen LogP contribution in [0.4, 0.5) is 19.0 Å². The first-order valence-corrected chi connectivity index (χ1v) is 8.74. The number of imidazole rings is 1. The Morgan fingerprint density at radius 2 is 2.03 bits per heavy atom. The van der Waals surface area contributed by atoms with E-state index in [4.69, 9.17) is 4.74 Å². The van der Waals surface area contributed by atoms with Crippen LogP contribution in [0.15, 0.2) is 18.5 Å². The highest BCUT2D eigenvalue weighted by Gasteiger charge is 2.31. The van der Waals surface area contributed by atoms with Crippen molar-refractivity contribution in [3.63, 3.8) is 0 Å². The van der Waals surface area contributed by atoms with Crippen LogP contribution in [0.1, 0.15) is 5.82 Å². The quantitative estimate of drug-likeness (QED) is 0.701. The molecule has 0 fully saturated rings. The summed E-state index contributed by atoms with van der Waals surface area (Å²) in [6.45, 7) is -1.08. The van der Waals surface area contributed by atoms with Crippen molar-refractivity contribution in [1.82, 2.24) is 29.3 Å². The summed E-state index contributed by atoms with van der Waals surface area (Å²) in [6.07, 6.45) is -1.26. The van der Waals surface area contributed by atoms with Gasteiger partial charge in [-0.2, -0.15) is 18.3 Å². The number of rotatable bonds is 4. The van der Waals surface area contributed by atoms with Gasteiger partial charge in [-0.15, -0.1) is 0 Å². The van der Waals surface area contributed by atoms with Crippen LogP contribution in [-0.2, 0) is 19.7 Å². The molecule has 0 amide bonds. The van der Waals surface area contributed by atoms with E-state index in [-0.39, 0.29) is 17.3 Å². The van der Waals surface area contributed by atoms with Gasteiger partial charge in [0.25, 0.3) is 0 Å². The molecule has 0 aliphatic carbocycles. The maximum absolute atomic E-state index is 12.9. The van der Waals surface area contributed by atoms with Crippen LogP contribution in [0.2, 0.25) is 0 Å². The van der Waals surface area contributed by atoms with Gasteiger partial charge in [0.15, 0.2) is 11.6 Å². The molecule has 29 heavy (non-hydrogen) atoms. The first kappa shape index (κ1) is 19.2. The summed E-state index contributed by atoms with van der Waals surface area (Å²) >= 11 is 0. The topological polar surface area (TPSA) is 94.1 Å². The van der Waals surface area contributed by atoms with Crippen LogP contribution < -0.4 is 9.64 Å². The normalized spacial score (nSPS) is 13.4. The van der Waals surface area contributed by atoms with Gasteiger partial charge in [0.05, 0.1) is 12.1 Å². The minimum absolute atomic E-state index is 0.0627. The minimum atomic E-state index is -4.49. The third-order valence-electron chi connectivity index (χ3n) is 4.33. The van der Waals surface area contributed by atoms with Gasteiger partial charge in [0, 0.05) is 32.6 Å². The van der Waals surface area contributed by atoms with Crippen LogP contribution in [0, 0.1) is 0 Å². The molecule has 3 aromatic heterocycles. The Balaban J connectivity index is 1.79. The Morgan fingerprint density at radius 3 is 2.72 bits per heavy atom. The van der Waals surface area contributed by atoms with Gasteiger partial charge >= 0.3 is 6.18 Å². The van der Waals surface area contributed by atoms with Gasteiger partial charge in [0.2, 0.25) is 0 Å². The first-order valence-electron chi connectivity index (χ1n) is 8.74. The fourth-order valence-corrected chi connectivity index (χ4v) is 3.05. The predicted octanol–water partition coefficient (Wildman–Crippen LogP) is 1.72. The highest BCUT2D eigenvalue weighted by Crippen LogP contribution is 2.35. The molecule has 0 saturated carbocycles. The van der Waals surface area contributed by atoms with E-state index in [0.717, 1.165) is 0 Å². The molecule has 154 valence electrons. The Labute approximate surface area is 163 Å². The lowest BCUT2D eigenvalue weighted by Crippen LogP contribution is -2.19. The molecule has 0 bridgehead atoms. The second kappa shape index (κ2) is 7.03. The third-order valence-corrected chi connectivity index (χ3v) is 4.33. The Bertz CT molecular complexity index is 1040. The second-order valence-electron chi connectivity index (χ2n) is 6.71. The summed E-state index contributed by atoms with van der Waals surface area (Å²) in [6, 6.07) is 1.79. The van der Waals surface area contributed by atoms with E-state index in [0.29, 0.717) is 40.8 Å². The molecule has 12 heteroatoms. The monoisotopic (exact) mass is 409 g/mol. The van der Waals surface area contributed by atoms with E-state index in [1.54, 1.807) is 23.0 Å². The van der Waals surface area contributed by atoms with Crippen LogP contribution >= 0.6 is 0 Å². The summed E-state index contributed by atoms with van der Waals surface area (Å²) in [5, 5.41) is 13.0. The zero-order valence-corrected chi connectivity index (χ0v) is 15.7. The Kier molecular flexibility index (Phi) is 4.65. The van der Waals surface area contributed by atoms with Crippen LogP contribution in [0.25, 0.3) is 22.9 Å². The number of nitrogens with zero attached hydrogens (tertiary/aromatic N) is 7. The maximum Gasteiger partial charge on any atom is 0.408 e. The van der Waals surface area contributed by atoms with Crippen molar-refractivity contribution < 1.29 is 23.0 Å². The number of ether oxygens (including phenoxy) is 1. The van der Waals surface area contributed by atoms with E-state index >= 15 is 0 Å². The number of fused-ring (bicyclic) bond motifs is 3. The van der Waals surface area contributed by atoms with E-state index in [2.05, 4.69) is 20.1 Å². The molecule has 4 heterocycles. The van der Waals surface area contributed by atoms with E-state index in [1.165, 1.54) is 0 Å². The lowest BCUT2D eigenvalue weighted by atomic mass is 10.2. The maximum atomic E-state index is 12.9. The molecule has 0 aromatic carbocycles. The average molecular weight is 409 g/mol. The Morgan fingerprint density at radius 1 is 1.24 bits per heavy atom. The SMILES string of the molecule is CN(C)c1cc2c(cn1)-c1nc(-c3nc(CO)nn3CC(F)(F)F)cn1CCO2. The van der Waals surface area contributed by atoms with E-state index in [1.807, 2.05) is 19.0 Å². The van der Waals surface area contributed by atoms with Gasteiger partial charge in [0.1, 0.15) is 42.8 Å². The molecule has 1 aliphatic rings. The van der Waals surface area contributed by atoms with E-state index in [9.17, 15) is 18.3 Å². The van der Waals surface area contributed by atoms with Crippen molar-refractivity contribution in [1.29, 1.82) is 0 Å². The number of aromatic nitrogens is 6. The first-order chi connectivity index (χ1) is 13.7. The number of hydrogen-bond donors (Lipinski definition) is 1. The van der Waals surface area contributed by atoms with Crippen molar-refractivity contribution in [3.8, 4) is 28.7 Å². The minimum Gasteiger partial charge on any atom is -0.491 e. The number of aliphatic hydroxyl groups is 1. The number of pyridine rings is 1. The molecule has 0 spiro atoms. The standard InChI is InChI=1S/C17H18F3N7O2/c1-25(2)14-5-12-10(6-21-14)15-22-11(7-26(15)3-4-29-12)16-23-13(8-28)24-27(16)9-17(18,19)20/h5-7,28H,3-4,8-9H2,1-2H3. The molecular weight excluding hydrogens is 391 g/mol. The van der Waals surface area contributed by atoms with Gasteiger partial charge in [-0.1, -0.05) is 0 Å². The molecule has 1 aliphatic heterocycles. The number of hydrogen-bond acceptors (Lipinski definition) is 7. The zero-order valence-electron chi connectivity index (χ0n) is 15.7. The van der Waals surface area contributed by atoms with Crippen LogP contribution in [0.3, 0.4) is 0 Å². The second-order valence-corrected chi connectivity index (χ2v) is 6.71. The number of halogens is 3. The number of aliphatic hydroxyl groups excluding tert-OH is 1. The summed E-state index contributed by atoms with van der Waals surface area (Å²) in [4.78, 5) is 14.7. The largest absolute Gasteiger partial charge is 0.491 e. The van der Waals surface area contributed by atoms with Gasteiger partial charge in [-0.05, 0) is 0 Å². The molecule has 3 aromatic rings. The molecule has 4 rings (SSSR count). The molecule has 0 radical (unpaired) electrons. The van der Waals surface area contributed by atoms with Gasteiger partial charge in [-0.3, -0.25) is 0 Å². The van der Waals surface area contributed by atoms with E-state index < -0.39 is 19.3 Å². The lowest BCUT2D eigenvalue weighted by molar-refractivity contribution is -0.142. The fourth-order valence-electron chi connectivity index (χ4n) is 3.05. The molecule has 0 atom stereocenters. The summed E-state index contributed by atoms with van der Waals surface area (Å²) in [7, 11) is 3.72. The molecule has 1 N–H and O–H groups in total. The lowest BCUT2D eigenvalue weighted by Gasteiger charge is -2.13. The van der Waals surface area contributed by atoms with Gasteiger partial charge in [-0.25, -0.2) is 19.6 Å². The van der Waals surface area contributed by atoms with Crippen molar-refractivity contribution in [2.24, 2.45) is 0 Å². The smallest absolute Gasteiger partial charge is 0.408 e. The summed E-state index contributed by atoms with van der Waals surface area (Å²) in [5.41, 5.74) is 0.851. The highest BCUT2D eigenvalue weighted by atomic mass is 19.4. The van der Waals surface area contributed by atoms with Crippen LogP contribution in [0.5, 0.6) is 5.75 Å². The summed E-state index contributed by atoms with van der Waals surface area (Å²) < 4.78 is 47.1. The highest BCUT2D eigenvalue weighted by molar-refractivity contribution is 5.69. The molecule has 0 saturated heterocycles. The van der Waals surface area contributed by atoms with Crippen molar-refractivity contribution in [2.45, 2.75) is 25.9 Å². The van der Waals surface area contributed by atoms with Crippen LogP contribution in [-0.4, -0.2) is 61.3 Å². The fraction of sp³-hybridized carbons (Fsp3) is 0.412. The average Bonchev–Trinajstić information content (AvgIpc) is 3.20. The molecular formula is C17H18F3N7O2. The Hall–Kier alpha value is -3.15. The van der Waals surface area contributed by atoms with Crippen molar-refractivity contribution in [3.05, 3.63) is 24.3 Å². The van der Waals surface area contributed by atoms with Crippen molar-refractivity contribution >= 4 is 5.82 Å². The zero-order chi connectivity index (χ0) is 20.8. The number of anilines is 1. The molecule has 9 nitrogen and oxygen atoms in total. The number of alkyl halides is 3. The predicted molar refractivity (Wildman–Crippen MR) is 96.3 cm³/mol. The third kappa shape index (κ3) is 3.75. The van der Waals surface area contributed by atoms with Gasteiger partial charge < -0.3 is 19.3 Å². The summed E-state index contributed by atoms with van der Waals surface area (Å²) in [5.74, 6) is 1.65.